The molecule has 1 N–H and O–H groups in total. The predicted molar refractivity (Wildman–Crippen MR) is 113 cm³/mol. The van der Waals surface area contributed by atoms with E-state index >= 15 is 0 Å². The van der Waals surface area contributed by atoms with Gasteiger partial charge in [0.15, 0.2) is 0 Å². The summed E-state index contributed by atoms with van der Waals surface area (Å²) in [6.45, 7) is 4.32. The molecule has 0 atom stereocenters. The highest BCUT2D eigenvalue weighted by Crippen LogP contribution is 2.26. The minimum absolute atomic E-state index is 0.266. The van der Waals surface area contributed by atoms with Crippen molar-refractivity contribution in [2.24, 2.45) is 0 Å². The van der Waals surface area contributed by atoms with Crippen molar-refractivity contribution >= 4 is 28.6 Å². The SMILES string of the molecule is Cc1nc(Cc2ccccc2)sc1C(=O)Nc1ccc(N2CCOCC2)c(F)c1. The van der Waals surface area contributed by atoms with E-state index < -0.39 is 0 Å². The maximum Gasteiger partial charge on any atom is 0.267 e. The van der Waals surface area contributed by atoms with Gasteiger partial charge >= 0.3 is 0 Å². The molecule has 3 aromatic rings. The summed E-state index contributed by atoms with van der Waals surface area (Å²) in [7, 11) is 0. The molecule has 1 aliphatic heterocycles. The number of benzene rings is 2. The molecule has 4 rings (SSSR count). The molecule has 0 bridgehead atoms. The number of thiazole rings is 1. The van der Waals surface area contributed by atoms with E-state index in [2.05, 4.69) is 10.3 Å². The standard InChI is InChI=1S/C22H22FN3O2S/c1-15-21(29-20(24-15)13-16-5-3-2-4-6-16)22(27)25-17-7-8-19(18(23)14-17)26-9-11-28-12-10-26/h2-8,14H,9-13H2,1H3,(H,25,27). The van der Waals surface area contributed by atoms with E-state index in [4.69, 9.17) is 4.74 Å². The van der Waals surface area contributed by atoms with Crippen molar-refractivity contribution < 1.29 is 13.9 Å². The summed E-state index contributed by atoms with van der Waals surface area (Å²) < 4.78 is 19.9. The van der Waals surface area contributed by atoms with Gasteiger partial charge in [0.25, 0.3) is 5.91 Å². The summed E-state index contributed by atoms with van der Waals surface area (Å²) in [6.07, 6.45) is 0.683. The van der Waals surface area contributed by atoms with Crippen LogP contribution in [0, 0.1) is 12.7 Å². The number of nitrogens with zero attached hydrogens (tertiary/aromatic N) is 2. The highest BCUT2D eigenvalue weighted by molar-refractivity contribution is 7.14. The van der Waals surface area contributed by atoms with Crippen molar-refractivity contribution in [3.8, 4) is 0 Å². The van der Waals surface area contributed by atoms with Crippen molar-refractivity contribution in [2.75, 3.05) is 36.5 Å². The van der Waals surface area contributed by atoms with Crippen LogP contribution < -0.4 is 10.2 Å². The van der Waals surface area contributed by atoms with E-state index in [-0.39, 0.29) is 11.7 Å². The maximum absolute atomic E-state index is 14.6. The van der Waals surface area contributed by atoms with Gasteiger partial charge in [-0.25, -0.2) is 9.37 Å². The molecule has 2 aromatic carbocycles. The molecule has 2 heterocycles. The fraction of sp³-hybridized carbons (Fsp3) is 0.273. The van der Waals surface area contributed by atoms with Gasteiger partial charge in [0.1, 0.15) is 10.7 Å². The molecular formula is C22H22FN3O2S. The highest BCUT2D eigenvalue weighted by atomic mass is 32.1. The zero-order valence-electron chi connectivity index (χ0n) is 16.2. The van der Waals surface area contributed by atoms with Gasteiger partial charge in [-0.2, -0.15) is 0 Å². The van der Waals surface area contributed by atoms with Gasteiger partial charge in [0.2, 0.25) is 0 Å². The average Bonchev–Trinajstić information content (AvgIpc) is 3.09. The molecule has 0 aliphatic carbocycles. The Labute approximate surface area is 173 Å². The number of halogens is 1. The number of aromatic nitrogens is 1. The van der Waals surface area contributed by atoms with E-state index in [9.17, 15) is 9.18 Å². The van der Waals surface area contributed by atoms with Crippen molar-refractivity contribution in [3.63, 3.8) is 0 Å². The van der Waals surface area contributed by atoms with Gasteiger partial charge in [0.05, 0.1) is 29.6 Å². The minimum atomic E-state index is -0.351. The van der Waals surface area contributed by atoms with Crippen LogP contribution in [0.5, 0.6) is 0 Å². The number of anilines is 2. The first-order valence-corrected chi connectivity index (χ1v) is 10.4. The minimum Gasteiger partial charge on any atom is -0.378 e. The van der Waals surface area contributed by atoms with Crippen molar-refractivity contribution in [1.29, 1.82) is 0 Å². The summed E-state index contributed by atoms with van der Waals surface area (Å²) in [5, 5.41) is 3.68. The average molecular weight is 412 g/mol. The van der Waals surface area contributed by atoms with Crippen LogP contribution in [0.25, 0.3) is 0 Å². The van der Waals surface area contributed by atoms with Crippen molar-refractivity contribution in [2.45, 2.75) is 13.3 Å². The summed E-state index contributed by atoms with van der Waals surface area (Å²) >= 11 is 1.37. The lowest BCUT2D eigenvalue weighted by Gasteiger charge is -2.29. The van der Waals surface area contributed by atoms with Crippen LogP contribution >= 0.6 is 11.3 Å². The fourth-order valence-electron chi connectivity index (χ4n) is 3.34. The lowest BCUT2D eigenvalue weighted by atomic mass is 10.2. The Morgan fingerprint density at radius 1 is 1.21 bits per heavy atom. The van der Waals surface area contributed by atoms with Gasteiger partial charge in [-0.3, -0.25) is 4.79 Å². The molecule has 0 radical (unpaired) electrons. The number of nitrogens with one attached hydrogen (secondary N) is 1. The second kappa shape index (κ2) is 8.71. The van der Waals surface area contributed by atoms with E-state index in [1.807, 2.05) is 42.2 Å². The third kappa shape index (κ3) is 4.63. The maximum atomic E-state index is 14.6. The van der Waals surface area contributed by atoms with E-state index in [1.165, 1.54) is 17.4 Å². The molecule has 5 nitrogen and oxygen atoms in total. The van der Waals surface area contributed by atoms with Crippen LogP contribution in [0.1, 0.15) is 25.9 Å². The number of carbonyl (C=O) groups is 1. The van der Waals surface area contributed by atoms with E-state index in [1.54, 1.807) is 12.1 Å². The monoisotopic (exact) mass is 411 g/mol. The summed E-state index contributed by atoms with van der Waals surface area (Å²) in [6, 6.07) is 14.8. The van der Waals surface area contributed by atoms with Crippen LogP contribution in [0.4, 0.5) is 15.8 Å². The van der Waals surface area contributed by atoms with Crippen molar-refractivity contribution in [1.82, 2.24) is 4.98 Å². The van der Waals surface area contributed by atoms with Crippen LogP contribution in [0.3, 0.4) is 0 Å². The van der Waals surface area contributed by atoms with E-state index in [0.717, 1.165) is 10.6 Å². The summed E-state index contributed by atoms with van der Waals surface area (Å²) in [5.41, 5.74) is 2.80. The number of morpholine rings is 1. The summed E-state index contributed by atoms with van der Waals surface area (Å²) in [4.78, 5) is 19.7. The first-order chi connectivity index (χ1) is 14.1. The Bertz CT molecular complexity index is 1000. The molecule has 1 amide bonds. The fourth-order valence-corrected chi connectivity index (χ4v) is 4.34. The zero-order chi connectivity index (χ0) is 20.2. The molecule has 0 unspecified atom stereocenters. The molecule has 0 spiro atoms. The topological polar surface area (TPSA) is 54.5 Å². The Hall–Kier alpha value is -2.77. The molecular weight excluding hydrogens is 389 g/mol. The molecule has 1 aromatic heterocycles. The second-order valence-electron chi connectivity index (χ2n) is 6.90. The number of ether oxygens (including phenoxy) is 1. The zero-order valence-corrected chi connectivity index (χ0v) is 17.0. The normalized spacial score (nSPS) is 14.1. The lowest BCUT2D eigenvalue weighted by molar-refractivity contribution is 0.103. The van der Waals surface area contributed by atoms with Crippen LogP contribution in [0.2, 0.25) is 0 Å². The molecule has 1 fully saturated rings. The third-order valence-corrected chi connectivity index (χ3v) is 5.96. The number of carbonyl (C=O) groups excluding carboxylic acids is 1. The van der Waals surface area contributed by atoms with Crippen molar-refractivity contribution in [3.05, 3.63) is 75.5 Å². The first-order valence-electron chi connectivity index (χ1n) is 9.54. The number of aryl methyl sites for hydroxylation is 1. The Balaban J connectivity index is 1.46. The van der Waals surface area contributed by atoms with E-state index in [0.29, 0.717) is 54.7 Å². The largest absolute Gasteiger partial charge is 0.378 e. The smallest absolute Gasteiger partial charge is 0.267 e. The van der Waals surface area contributed by atoms with Gasteiger partial charge in [0, 0.05) is 25.2 Å². The quantitative estimate of drug-likeness (QED) is 0.681. The van der Waals surface area contributed by atoms with Gasteiger partial charge < -0.3 is 15.0 Å². The molecule has 29 heavy (non-hydrogen) atoms. The van der Waals surface area contributed by atoms with Crippen LogP contribution in [-0.2, 0) is 11.2 Å². The van der Waals surface area contributed by atoms with Gasteiger partial charge in [-0.05, 0) is 30.7 Å². The molecule has 150 valence electrons. The van der Waals surface area contributed by atoms with Gasteiger partial charge in [-0.15, -0.1) is 11.3 Å². The number of amides is 1. The third-order valence-electron chi connectivity index (χ3n) is 4.80. The number of rotatable bonds is 5. The first kappa shape index (κ1) is 19.5. The highest BCUT2D eigenvalue weighted by Gasteiger charge is 2.18. The second-order valence-corrected chi connectivity index (χ2v) is 7.99. The molecule has 7 heteroatoms. The van der Waals surface area contributed by atoms with Crippen LogP contribution in [0.15, 0.2) is 48.5 Å². The Morgan fingerprint density at radius 2 is 1.97 bits per heavy atom. The number of hydrogen-bond acceptors (Lipinski definition) is 5. The van der Waals surface area contributed by atoms with Crippen LogP contribution in [-0.4, -0.2) is 37.2 Å². The molecule has 1 saturated heterocycles. The lowest BCUT2D eigenvalue weighted by Crippen LogP contribution is -2.36. The summed E-state index contributed by atoms with van der Waals surface area (Å²) in [5.74, 6) is -0.617. The Morgan fingerprint density at radius 3 is 2.69 bits per heavy atom. The predicted octanol–water partition coefficient (Wildman–Crippen LogP) is 4.27. The van der Waals surface area contributed by atoms with Gasteiger partial charge in [-0.1, -0.05) is 30.3 Å². The number of hydrogen-bond donors (Lipinski definition) is 1. The molecule has 1 aliphatic rings. The Kier molecular flexibility index (Phi) is 5.87. The molecule has 0 saturated carbocycles.